The molecule has 162 valence electrons. The average Bonchev–Trinajstić information content (AvgIpc) is 3.29. The first-order valence-electron chi connectivity index (χ1n) is 9.75. The second-order valence-corrected chi connectivity index (χ2v) is 8.22. The lowest BCUT2D eigenvalue weighted by atomic mass is 10.1. The number of halogens is 1. The Labute approximate surface area is 193 Å². The van der Waals surface area contributed by atoms with Gasteiger partial charge in [0.15, 0.2) is 0 Å². The maximum absolute atomic E-state index is 12.6. The van der Waals surface area contributed by atoms with Crippen molar-refractivity contribution in [2.75, 3.05) is 24.3 Å². The van der Waals surface area contributed by atoms with E-state index in [2.05, 4.69) is 20.6 Å². The third kappa shape index (κ3) is 4.87. The van der Waals surface area contributed by atoms with E-state index in [-0.39, 0.29) is 11.5 Å². The number of hydrogen-bond donors (Lipinski definition) is 2. The zero-order valence-corrected chi connectivity index (χ0v) is 18.7. The summed E-state index contributed by atoms with van der Waals surface area (Å²) in [6, 6.07) is 13.8. The van der Waals surface area contributed by atoms with Gasteiger partial charge in [-0.25, -0.2) is 14.8 Å². The molecule has 2 N–H and O–H groups in total. The second kappa shape index (κ2) is 9.76. The van der Waals surface area contributed by atoms with E-state index in [1.165, 1.54) is 13.4 Å². The molecule has 0 aliphatic rings. The van der Waals surface area contributed by atoms with Crippen molar-refractivity contribution in [2.45, 2.75) is 6.42 Å². The van der Waals surface area contributed by atoms with Gasteiger partial charge in [-0.1, -0.05) is 17.7 Å². The predicted molar refractivity (Wildman–Crippen MR) is 127 cm³/mol. The number of aromatic nitrogens is 2. The van der Waals surface area contributed by atoms with Gasteiger partial charge in [-0.05, 0) is 59.8 Å². The Morgan fingerprint density at radius 1 is 1.09 bits per heavy atom. The van der Waals surface area contributed by atoms with Gasteiger partial charge in [0.25, 0.3) is 5.91 Å². The number of hydrogen-bond acceptors (Lipinski definition) is 7. The number of esters is 1. The standard InChI is InChI=1S/C23H19ClN4O3S/c1-31-23(30)17-12-14(8-10-25-21-20-19(9-11-32-20)26-13-27-21)2-7-18(17)28-22(29)15-3-5-16(24)6-4-15/h2-7,9,11-13H,8,10H2,1H3,(H,28,29)(H,25,26,27). The van der Waals surface area contributed by atoms with Crippen LogP contribution in [0.1, 0.15) is 26.3 Å². The van der Waals surface area contributed by atoms with Gasteiger partial charge >= 0.3 is 5.97 Å². The lowest BCUT2D eigenvalue weighted by Crippen LogP contribution is -2.16. The van der Waals surface area contributed by atoms with E-state index in [9.17, 15) is 9.59 Å². The van der Waals surface area contributed by atoms with Crippen LogP contribution in [0.5, 0.6) is 0 Å². The van der Waals surface area contributed by atoms with Crippen LogP contribution in [-0.4, -0.2) is 35.5 Å². The van der Waals surface area contributed by atoms with Gasteiger partial charge in [0.1, 0.15) is 12.1 Å². The first-order chi connectivity index (χ1) is 15.5. The van der Waals surface area contributed by atoms with Crippen molar-refractivity contribution in [2.24, 2.45) is 0 Å². The number of nitrogens with one attached hydrogen (secondary N) is 2. The lowest BCUT2D eigenvalue weighted by molar-refractivity contribution is 0.0602. The smallest absolute Gasteiger partial charge is 0.339 e. The molecule has 7 nitrogen and oxygen atoms in total. The minimum absolute atomic E-state index is 0.287. The number of nitrogens with zero attached hydrogens (tertiary/aromatic N) is 2. The molecule has 2 aromatic heterocycles. The first-order valence-corrected chi connectivity index (χ1v) is 11.0. The molecule has 0 aliphatic carbocycles. The SMILES string of the molecule is COC(=O)c1cc(CCNc2ncnc3ccsc23)ccc1NC(=O)c1ccc(Cl)cc1. The molecule has 4 aromatic rings. The number of carbonyl (C=O) groups is 2. The van der Waals surface area contributed by atoms with Crippen LogP contribution in [0.3, 0.4) is 0 Å². The Morgan fingerprint density at radius 2 is 1.91 bits per heavy atom. The number of benzene rings is 2. The lowest BCUT2D eigenvalue weighted by Gasteiger charge is -2.12. The summed E-state index contributed by atoms with van der Waals surface area (Å²) in [5.41, 5.74) is 2.92. The van der Waals surface area contributed by atoms with E-state index in [1.807, 2.05) is 17.5 Å². The number of thiophene rings is 1. The second-order valence-electron chi connectivity index (χ2n) is 6.87. The maximum Gasteiger partial charge on any atom is 0.339 e. The van der Waals surface area contributed by atoms with Crippen molar-refractivity contribution in [1.29, 1.82) is 0 Å². The highest BCUT2D eigenvalue weighted by atomic mass is 35.5. The quantitative estimate of drug-likeness (QED) is 0.371. The van der Waals surface area contributed by atoms with Crippen molar-refractivity contribution in [3.05, 3.63) is 82.0 Å². The highest BCUT2D eigenvalue weighted by Crippen LogP contribution is 2.25. The minimum Gasteiger partial charge on any atom is -0.465 e. The summed E-state index contributed by atoms with van der Waals surface area (Å²) in [4.78, 5) is 33.4. The van der Waals surface area contributed by atoms with Crippen molar-refractivity contribution < 1.29 is 14.3 Å². The fraction of sp³-hybridized carbons (Fsp3) is 0.130. The van der Waals surface area contributed by atoms with Crippen molar-refractivity contribution in [1.82, 2.24) is 9.97 Å². The van der Waals surface area contributed by atoms with E-state index in [4.69, 9.17) is 16.3 Å². The van der Waals surface area contributed by atoms with E-state index in [0.29, 0.717) is 29.2 Å². The van der Waals surface area contributed by atoms with Crippen molar-refractivity contribution in [3.8, 4) is 0 Å². The van der Waals surface area contributed by atoms with Gasteiger partial charge in [0.05, 0.1) is 28.6 Å². The highest BCUT2D eigenvalue weighted by molar-refractivity contribution is 7.17. The zero-order valence-electron chi connectivity index (χ0n) is 17.1. The maximum atomic E-state index is 12.6. The monoisotopic (exact) mass is 466 g/mol. The van der Waals surface area contributed by atoms with E-state index >= 15 is 0 Å². The largest absolute Gasteiger partial charge is 0.465 e. The van der Waals surface area contributed by atoms with Crippen LogP contribution >= 0.6 is 22.9 Å². The fourth-order valence-corrected chi connectivity index (χ4v) is 4.11. The molecule has 9 heteroatoms. The summed E-state index contributed by atoms with van der Waals surface area (Å²) in [7, 11) is 1.31. The molecule has 0 radical (unpaired) electrons. The Balaban J connectivity index is 1.48. The molecular formula is C23H19ClN4O3S. The average molecular weight is 467 g/mol. The van der Waals surface area contributed by atoms with Crippen LogP contribution in [0.2, 0.25) is 5.02 Å². The number of ether oxygens (including phenoxy) is 1. The molecule has 0 saturated heterocycles. The summed E-state index contributed by atoms with van der Waals surface area (Å²) in [6.45, 7) is 0.612. The zero-order chi connectivity index (χ0) is 22.5. The molecular weight excluding hydrogens is 448 g/mol. The molecule has 32 heavy (non-hydrogen) atoms. The van der Waals surface area contributed by atoms with Crippen LogP contribution in [0.25, 0.3) is 10.2 Å². The number of carbonyl (C=O) groups excluding carboxylic acids is 2. The van der Waals surface area contributed by atoms with Gasteiger partial charge in [-0.15, -0.1) is 11.3 Å². The van der Waals surface area contributed by atoms with Crippen molar-refractivity contribution >= 4 is 56.5 Å². The number of fused-ring (bicyclic) bond motifs is 1. The number of anilines is 2. The molecule has 0 saturated carbocycles. The normalized spacial score (nSPS) is 10.7. The summed E-state index contributed by atoms with van der Waals surface area (Å²) >= 11 is 7.46. The predicted octanol–water partition coefficient (Wildman–Crippen LogP) is 5.04. The van der Waals surface area contributed by atoms with E-state index < -0.39 is 5.97 Å². The van der Waals surface area contributed by atoms with Crippen molar-refractivity contribution in [3.63, 3.8) is 0 Å². The summed E-state index contributed by atoms with van der Waals surface area (Å²) < 4.78 is 5.91. The molecule has 0 unspecified atom stereocenters. The van der Waals surface area contributed by atoms with Gasteiger partial charge in [-0.3, -0.25) is 4.79 Å². The van der Waals surface area contributed by atoms with Gasteiger partial charge in [0, 0.05) is 17.1 Å². The van der Waals surface area contributed by atoms with Crippen LogP contribution in [0.15, 0.2) is 60.2 Å². The molecule has 2 aromatic carbocycles. The van der Waals surface area contributed by atoms with Gasteiger partial charge < -0.3 is 15.4 Å². The highest BCUT2D eigenvalue weighted by Gasteiger charge is 2.16. The van der Waals surface area contributed by atoms with Crippen LogP contribution in [0.4, 0.5) is 11.5 Å². The molecule has 0 bridgehead atoms. The Bertz CT molecular complexity index is 1270. The number of methoxy groups -OCH3 is 1. The summed E-state index contributed by atoms with van der Waals surface area (Å²) in [6.07, 6.45) is 2.18. The van der Waals surface area contributed by atoms with Gasteiger partial charge in [0.2, 0.25) is 0 Å². The van der Waals surface area contributed by atoms with Crippen LogP contribution in [-0.2, 0) is 11.2 Å². The summed E-state index contributed by atoms with van der Waals surface area (Å²) in [5.74, 6) is -0.0858. The molecule has 0 spiro atoms. The summed E-state index contributed by atoms with van der Waals surface area (Å²) in [5, 5.41) is 8.61. The minimum atomic E-state index is -0.526. The fourth-order valence-electron chi connectivity index (χ4n) is 3.17. The third-order valence-corrected chi connectivity index (χ3v) is 5.96. The molecule has 1 amide bonds. The molecule has 0 fully saturated rings. The molecule has 0 aliphatic heterocycles. The van der Waals surface area contributed by atoms with Crippen LogP contribution < -0.4 is 10.6 Å². The topological polar surface area (TPSA) is 93.2 Å². The van der Waals surface area contributed by atoms with Crippen LogP contribution in [0, 0.1) is 0 Å². The van der Waals surface area contributed by atoms with Gasteiger partial charge in [-0.2, -0.15) is 0 Å². The molecule has 4 rings (SSSR count). The third-order valence-electron chi connectivity index (χ3n) is 4.79. The molecule has 2 heterocycles. The molecule has 0 atom stereocenters. The van der Waals surface area contributed by atoms with E-state index in [1.54, 1.807) is 47.7 Å². The number of amides is 1. The number of rotatable bonds is 7. The Hall–Kier alpha value is -3.49. The Kier molecular flexibility index (Phi) is 6.63. The van der Waals surface area contributed by atoms with E-state index in [0.717, 1.165) is 21.6 Å². The Morgan fingerprint density at radius 3 is 2.69 bits per heavy atom. The first kappa shape index (κ1) is 21.7.